The highest BCUT2D eigenvalue weighted by Crippen LogP contribution is 2.20. The van der Waals surface area contributed by atoms with Crippen molar-refractivity contribution in [3.8, 4) is 0 Å². The Morgan fingerprint density at radius 1 is 1.22 bits per heavy atom. The second kappa shape index (κ2) is 6.69. The van der Waals surface area contributed by atoms with Gasteiger partial charge >= 0.3 is 0 Å². The molecule has 0 aromatic heterocycles. The van der Waals surface area contributed by atoms with Crippen molar-refractivity contribution in [1.29, 1.82) is 0 Å². The molecule has 0 bridgehead atoms. The SMILES string of the molecule is C=NC1CCN(Cc2ccccc2)CCC(C)C1. The highest BCUT2D eigenvalue weighted by molar-refractivity contribution is 5.24. The lowest BCUT2D eigenvalue weighted by Crippen LogP contribution is -2.32. The average Bonchev–Trinajstić information content (AvgIpc) is 2.39. The molecule has 2 atom stereocenters. The Morgan fingerprint density at radius 3 is 2.67 bits per heavy atom. The van der Waals surface area contributed by atoms with Gasteiger partial charge in [0.1, 0.15) is 0 Å². The van der Waals surface area contributed by atoms with Crippen LogP contribution in [0, 0.1) is 5.92 Å². The van der Waals surface area contributed by atoms with Gasteiger partial charge in [0.05, 0.1) is 6.04 Å². The Bertz CT molecular complexity index is 361. The number of nitrogens with zero attached hydrogens (tertiary/aromatic N) is 2. The van der Waals surface area contributed by atoms with E-state index in [1.54, 1.807) is 0 Å². The number of benzene rings is 1. The molecule has 0 spiro atoms. The maximum absolute atomic E-state index is 4.26. The summed E-state index contributed by atoms with van der Waals surface area (Å²) in [6, 6.07) is 11.2. The molecule has 0 N–H and O–H groups in total. The standard InChI is InChI=1S/C16H24N2/c1-14-8-10-18(11-9-16(12-14)17-2)13-15-6-4-3-5-7-15/h3-7,14,16H,2,8-13H2,1H3. The van der Waals surface area contributed by atoms with E-state index in [1.807, 2.05) is 0 Å². The molecule has 1 saturated heterocycles. The van der Waals surface area contributed by atoms with Gasteiger partial charge in [0, 0.05) is 13.1 Å². The van der Waals surface area contributed by atoms with Gasteiger partial charge in [-0.2, -0.15) is 0 Å². The van der Waals surface area contributed by atoms with E-state index >= 15 is 0 Å². The molecule has 2 rings (SSSR count). The van der Waals surface area contributed by atoms with Gasteiger partial charge in [-0.3, -0.25) is 9.89 Å². The minimum atomic E-state index is 0.457. The number of hydrogen-bond donors (Lipinski definition) is 0. The third-order valence-corrected chi connectivity index (χ3v) is 3.90. The van der Waals surface area contributed by atoms with Crippen LogP contribution in [0.2, 0.25) is 0 Å². The summed E-state index contributed by atoms with van der Waals surface area (Å²) in [6.07, 6.45) is 3.64. The fourth-order valence-corrected chi connectivity index (χ4v) is 2.71. The van der Waals surface area contributed by atoms with Gasteiger partial charge in [-0.1, -0.05) is 37.3 Å². The fraction of sp³-hybridized carbons (Fsp3) is 0.562. The van der Waals surface area contributed by atoms with E-state index in [1.165, 1.54) is 24.9 Å². The molecule has 98 valence electrons. The molecule has 0 aliphatic carbocycles. The van der Waals surface area contributed by atoms with Gasteiger partial charge in [0.15, 0.2) is 0 Å². The first-order valence-electron chi connectivity index (χ1n) is 7.00. The molecule has 1 heterocycles. The first-order valence-corrected chi connectivity index (χ1v) is 7.00. The number of likely N-dealkylation sites (tertiary alicyclic amines) is 1. The maximum Gasteiger partial charge on any atom is 0.0507 e. The molecule has 2 unspecified atom stereocenters. The van der Waals surface area contributed by atoms with E-state index in [-0.39, 0.29) is 0 Å². The second-order valence-corrected chi connectivity index (χ2v) is 5.52. The zero-order chi connectivity index (χ0) is 12.8. The van der Waals surface area contributed by atoms with Gasteiger partial charge in [0.25, 0.3) is 0 Å². The van der Waals surface area contributed by atoms with Crippen LogP contribution in [0.3, 0.4) is 0 Å². The minimum Gasteiger partial charge on any atom is -0.299 e. The van der Waals surface area contributed by atoms with Crippen LogP contribution < -0.4 is 0 Å². The highest BCUT2D eigenvalue weighted by atomic mass is 15.1. The van der Waals surface area contributed by atoms with Crippen LogP contribution in [0.1, 0.15) is 31.7 Å². The summed E-state index contributed by atoms with van der Waals surface area (Å²) < 4.78 is 0. The normalized spacial score (nSPS) is 26.3. The van der Waals surface area contributed by atoms with E-state index in [4.69, 9.17) is 0 Å². The lowest BCUT2D eigenvalue weighted by atomic mass is 9.94. The van der Waals surface area contributed by atoms with Gasteiger partial charge in [-0.05, 0) is 44.0 Å². The Hall–Kier alpha value is -1.15. The van der Waals surface area contributed by atoms with Gasteiger partial charge < -0.3 is 0 Å². The van der Waals surface area contributed by atoms with Crippen molar-refractivity contribution in [2.24, 2.45) is 10.9 Å². The summed E-state index contributed by atoms with van der Waals surface area (Å²) in [4.78, 5) is 6.82. The number of hydrogen-bond acceptors (Lipinski definition) is 2. The zero-order valence-corrected chi connectivity index (χ0v) is 11.4. The minimum absolute atomic E-state index is 0.457. The summed E-state index contributed by atoms with van der Waals surface area (Å²) in [5.41, 5.74) is 1.41. The molecule has 18 heavy (non-hydrogen) atoms. The largest absolute Gasteiger partial charge is 0.299 e. The Kier molecular flexibility index (Phi) is 4.94. The molecule has 2 nitrogen and oxygen atoms in total. The molecule has 0 radical (unpaired) electrons. The van der Waals surface area contributed by atoms with Crippen LogP contribution in [-0.2, 0) is 6.54 Å². The van der Waals surface area contributed by atoms with Crippen molar-refractivity contribution >= 4 is 6.72 Å². The van der Waals surface area contributed by atoms with Crippen LogP contribution in [0.5, 0.6) is 0 Å². The van der Waals surface area contributed by atoms with Crippen LogP contribution in [0.4, 0.5) is 0 Å². The summed E-state index contributed by atoms with van der Waals surface area (Å²) in [7, 11) is 0. The first-order chi connectivity index (χ1) is 8.78. The predicted molar refractivity (Wildman–Crippen MR) is 78.1 cm³/mol. The molecule has 1 aromatic rings. The molecular weight excluding hydrogens is 220 g/mol. The van der Waals surface area contributed by atoms with Crippen molar-refractivity contribution in [1.82, 2.24) is 4.90 Å². The van der Waals surface area contributed by atoms with E-state index in [2.05, 4.69) is 53.9 Å². The van der Waals surface area contributed by atoms with Gasteiger partial charge in [0.2, 0.25) is 0 Å². The van der Waals surface area contributed by atoms with E-state index in [0.717, 1.165) is 25.4 Å². The molecular formula is C16H24N2. The maximum atomic E-state index is 4.26. The fourth-order valence-electron chi connectivity index (χ4n) is 2.71. The Labute approximate surface area is 111 Å². The topological polar surface area (TPSA) is 15.6 Å². The van der Waals surface area contributed by atoms with Crippen molar-refractivity contribution in [2.45, 2.75) is 38.8 Å². The van der Waals surface area contributed by atoms with E-state index in [9.17, 15) is 0 Å². The lowest BCUT2D eigenvalue weighted by molar-refractivity contribution is 0.208. The monoisotopic (exact) mass is 244 g/mol. The molecule has 0 saturated carbocycles. The number of rotatable bonds is 3. The Morgan fingerprint density at radius 2 is 1.94 bits per heavy atom. The van der Waals surface area contributed by atoms with Gasteiger partial charge in [-0.25, -0.2) is 0 Å². The third-order valence-electron chi connectivity index (χ3n) is 3.90. The van der Waals surface area contributed by atoms with Crippen LogP contribution in [-0.4, -0.2) is 30.7 Å². The third kappa shape index (κ3) is 3.95. The highest BCUT2D eigenvalue weighted by Gasteiger charge is 2.18. The van der Waals surface area contributed by atoms with E-state index in [0.29, 0.717) is 6.04 Å². The predicted octanol–water partition coefficient (Wildman–Crippen LogP) is 3.38. The summed E-state index contributed by atoms with van der Waals surface area (Å²) in [5, 5.41) is 0. The second-order valence-electron chi connectivity index (χ2n) is 5.52. The first kappa shape index (κ1) is 13.3. The van der Waals surface area contributed by atoms with Crippen LogP contribution >= 0.6 is 0 Å². The summed E-state index contributed by atoms with van der Waals surface area (Å²) in [5.74, 6) is 0.763. The molecule has 1 aliphatic rings. The van der Waals surface area contributed by atoms with Gasteiger partial charge in [-0.15, -0.1) is 0 Å². The molecule has 0 amide bonds. The molecule has 1 fully saturated rings. The molecule has 1 aromatic carbocycles. The summed E-state index contributed by atoms with van der Waals surface area (Å²) in [6.45, 7) is 9.49. The van der Waals surface area contributed by atoms with Crippen molar-refractivity contribution in [3.63, 3.8) is 0 Å². The van der Waals surface area contributed by atoms with Crippen LogP contribution in [0.25, 0.3) is 0 Å². The van der Waals surface area contributed by atoms with Crippen molar-refractivity contribution in [2.75, 3.05) is 13.1 Å². The smallest absolute Gasteiger partial charge is 0.0507 e. The molecule has 1 aliphatic heterocycles. The van der Waals surface area contributed by atoms with Crippen LogP contribution in [0.15, 0.2) is 35.3 Å². The lowest BCUT2D eigenvalue weighted by Gasteiger charge is -2.29. The average molecular weight is 244 g/mol. The Balaban J connectivity index is 1.93. The zero-order valence-electron chi connectivity index (χ0n) is 11.4. The van der Waals surface area contributed by atoms with E-state index < -0.39 is 0 Å². The quantitative estimate of drug-likeness (QED) is 0.744. The molecule has 2 heteroatoms. The number of aliphatic imine (C=N–C) groups is 1. The van der Waals surface area contributed by atoms with Crippen molar-refractivity contribution < 1.29 is 0 Å². The van der Waals surface area contributed by atoms with Crippen molar-refractivity contribution in [3.05, 3.63) is 35.9 Å². The summed E-state index contributed by atoms with van der Waals surface area (Å²) >= 11 is 0.